The Balaban J connectivity index is 1.51. The number of carbonyl (C=O) groups excluding carboxylic acids is 2. The molecule has 0 aromatic heterocycles. The Morgan fingerprint density at radius 3 is 2.41 bits per heavy atom. The quantitative estimate of drug-likeness (QED) is 0.687. The van der Waals surface area contributed by atoms with Gasteiger partial charge in [0.1, 0.15) is 5.75 Å². The van der Waals surface area contributed by atoms with E-state index in [4.69, 9.17) is 4.74 Å². The smallest absolute Gasteiger partial charge is 0.251 e. The first kappa shape index (κ1) is 21.0. The van der Waals surface area contributed by atoms with Crippen LogP contribution in [0.25, 0.3) is 0 Å². The number of rotatable bonds is 8. The number of ether oxygens (including phenoxy) is 1. The number of benzene rings is 2. The number of nitrogens with one attached hydrogen (secondary N) is 2. The average Bonchev–Trinajstić information content (AvgIpc) is 3.20. The molecule has 0 radical (unpaired) electrons. The van der Waals surface area contributed by atoms with E-state index in [1.807, 2.05) is 0 Å². The molecule has 1 atom stereocenters. The molecule has 1 unspecified atom stereocenters. The van der Waals surface area contributed by atoms with Crippen molar-refractivity contribution in [1.82, 2.24) is 5.32 Å². The van der Waals surface area contributed by atoms with Crippen molar-refractivity contribution in [2.24, 2.45) is 0 Å². The van der Waals surface area contributed by atoms with Crippen LogP contribution in [0, 0.1) is 0 Å². The first-order valence-corrected chi connectivity index (χ1v) is 11.3. The topological polar surface area (TPSA) is 102 Å². The van der Waals surface area contributed by atoms with E-state index < -0.39 is 21.5 Å². The Kier molecular flexibility index (Phi) is 7.00. The van der Waals surface area contributed by atoms with Crippen molar-refractivity contribution in [1.29, 1.82) is 0 Å². The summed E-state index contributed by atoms with van der Waals surface area (Å²) in [5.74, 6) is -1.68. The molecule has 154 valence electrons. The summed E-state index contributed by atoms with van der Waals surface area (Å²) in [4.78, 5) is 24.2. The van der Waals surface area contributed by atoms with Gasteiger partial charge in [-0.25, -0.2) is 8.42 Å². The fourth-order valence-corrected chi connectivity index (χ4v) is 4.36. The van der Waals surface area contributed by atoms with Crippen LogP contribution in [0.15, 0.2) is 54.6 Å². The van der Waals surface area contributed by atoms with Crippen LogP contribution in [-0.2, 0) is 25.1 Å². The van der Waals surface area contributed by atoms with Crippen LogP contribution in [0.3, 0.4) is 0 Å². The Hall–Kier alpha value is -2.71. The summed E-state index contributed by atoms with van der Waals surface area (Å²) >= 11 is 0. The molecule has 2 aromatic carbocycles. The first-order valence-electron chi connectivity index (χ1n) is 9.45. The van der Waals surface area contributed by atoms with E-state index in [1.165, 1.54) is 0 Å². The van der Waals surface area contributed by atoms with E-state index in [1.54, 1.807) is 54.6 Å². The maximum atomic E-state index is 12.3. The number of para-hydroxylation sites is 1. The SMILES string of the molecule is O=C(CS(=O)(=O)Cc1ccc(C(=O)NCC2CCCO2)cc1)Nc1ccccc1. The molecule has 1 aliphatic heterocycles. The van der Waals surface area contributed by atoms with E-state index in [0.717, 1.165) is 19.4 Å². The van der Waals surface area contributed by atoms with Gasteiger partial charge in [-0.05, 0) is 42.7 Å². The Morgan fingerprint density at radius 1 is 1.03 bits per heavy atom. The zero-order valence-electron chi connectivity index (χ0n) is 16.0. The molecule has 1 aliphatic rings. The van der Waals surface area contributed by atoms with Gasteiger partial charge >= 0.3 is 0 Å². The van der Waals surface area contributed by atoms with Crippen LogP contribution in [-0.4, -0.2) is 45.2 Å². The van der Waals surface area contributed by atoms with Gasteiger partial charge in [-0.15, -0.1) is 0 Å². The maximum Gasteiger partial charge on any atom is 0.251 e. The summed E-state index contributed by atoms with van der Waals surface area (Å²) in [5, 5.41) is 5.39. The highest BCUT2D eigenvalue weighted by Crippen LogP contribution is 2.13. The van der Waals surface area contributed by atoms with Gasteiger partial charge < -0.3 is 15.4 Å². The van der Waals surface area contributed by atoms with Crippen LogP contribution in [0.1, 0.15) is 28.8 Å². The van der Waals surface area contributed by atoms with Crippen molar-refractivity contribution in [3.63, 3.8) is 0 Å². The molecule has 1 saturated heterocycles. The van der Waals surface area contributed by atoms with Crippen molar-refractivity contribution in [2.45, 2.75) is 24.7 Å². The van der Waals surface area contributed by atoms with Gasteiger partial charge in [0, 0.05) is 24.4 Å². The Morgan fingerprint density at radius 2 is 1.76 bits per heavy atom. The van der Waals surface area contributed by atoms with Gasteiger partial charge in [0.15, 0.2) is 9.84 Å². The highest BCUT2D eigenvalue weighted by Gasteiger charge is 2.19. The molecular formula is C21H24N2O5S. The van der Waals surface area contributed by atoms with Gasteiger partial charge in [0.25, 0.3) is 5.91 Å². The third-order valence-corrected chi connectivity index (χ3v) is 6.00. The summed E-state index contributed by atoms with van der Waals surface area (Å²) < 4.78 is 30.1. The zero-order valence-corrected chi connectivity index (χ0v) is 16.8. The minimum absolute atomic E-state index is 0.0606. The fraction of sp³-hybridized carbons (Fsp3) is 0.333. The molecule has 7 nitrogen and oxygen atoms in total. The van der Waals surface area contributed by atoms with Crippen molar-refractivity contribution >= 4 is 27.3 Å². The predicted molar refractivity (Wildman–Crippen MR) is 110 cm³/mol. The highest BCUT2D eigenvalue weighted by molar-refractivity contribution is 7.91. The predicted octanol–water partition coefficient (Wildman–Crippen LogP) is 2.15. The lowest BCUT2D eigenvalue weighted by atomic mass is 10.1. The molecule has 0 spiro atoms. The second kappa shape index (κ2) is 9.67. The van der Waals surface area contributed by atoms with Crippen LogP contribution < -0.4 is 10.6 Å². The largest absolute Gasteiger partial charge is 0.376 e. The Bertz CT molecular complexity index is 937. The standard InChI is InChI=1S/C21H24N2O5S/c24-20(23-18-5-2-1-3-6-18)15-29(26,27)14-16-8-10-17(11-9-16)21(25)22-13-19-7-4-12-28-19/h1-3,5-6,8-11,19H,4,7,12-15H2,(H,22,25)(H,23,24). The van der Waals surface area contributed by atoms with E-state index in [9.17, 15) is 18.0 Å². The van der Waals surface area contributed by atoms with Gasteiger partial charge in [-0.3, -0.25) is 9.59 Å². The third kappa shape index (κ3) is 6.69. The van der Waals surface area contributed by atoms with Crippen LogP contribution in [0.2, 0.25) is 0 Å². The molecular weight excluding hydrogens is 392 g/mol. The molecule has 3 rings (SSSR count). The second-order valence-corrected chi connectivity index (χ2v) is 9.05. The fourth-order valence-electron chi connectivity index (χ4n) is 3.09. The number of carbonyl (C=O) groups is 2. The lowest BCUT2D eigenvalue weighted by Crippen LogP contribution is -2.31. The second-order valence-electron chi connectivity index (χ2n) is 6.99. The Labute approximate surface area is 170 Å². The van der Waals surface area contributed by atoms with Crippen molar-refractivity contribution in [2.75, 3.05) is 24.2 Å². The summed E-state index contributed by atoms with van der Waals surface area (Å²) in [6.45, 7) is 1.19. The molecule has 0 saturated carbocycles. The van der Waals surface area contributed by atoms with Crippen molar-refractivity contribution in [3.8, 4) is 0 Å². The first-order chi connectivity index (χ1) is 13.9. The van der Waals surface area contributed by atoms with Crippen molar-refractivity contribution in [3.05, 3.63) is 65.7 Å². The number of amides is 2. The number of anilines is 1. The minimum atomic E-state index is -3.64. The van der Waals surface area contributed by atoms with E-state index in [-0.39, 0.29) is 17.8 Å². The van der Waals surface area contributed by atoms with Crippen LogP contribution >= 0.6 is 0 Å². The number of hydrogen-bond acceptors (Lipinski definition) is 5. The average molecular weight is 416 g/mol. The molecule has 2 amide bonds. The highest BCUT2D eigenvalue weighted by atomic mass is 32.2. The molecule has 1 heterocycles. The van der Waals surface area contributed by atoms with Crippen molar-refractivity contribution < 1.29 is 22.7 Å². The van der Waals surface area contributed by atoms with Gasteiger partial charge in [0.2, 0.25) is 5.91 Å². The monoisotopic (exact) mass is 416 g/mol. The summed E-state index contributed by atoms with van der Waals surface area (Å²) in [7, 11) is -3.64. The van der Waals surface area contributed by atoms with Crippen LogP contribution in [0.4, 0.5) is 5.69 Å². The maximum absolute atomic E-state index is 12.3. The summed E-state index contributed by atoms with van der Waals surface area (Å²) in [6.07, 6.45) is 2.01. The van der Waals surface area contributed by atoms with E-state index >= 15 is 0 Å². The summed E-state index contributed by atoms with van der Waals surface area (Å²) in [5.41, 5.74) is 1.52. The minimum Gasteiger partial charge on any atom is -0.376 e. The lowest BCUT2D eigenvalue weighted by molar-refractivity contribution is -0.113. The van der Waals surface area contributed by atoms with Gasteiger partial charge in [0.05, 0.1) is 11.9 Å². The van der Waals surface area contributed by atoms with E-state index in [2.05, 4.69) is 10.6 Å². The molecule has 2 aromatic rings. The third-order valence-electron chi connectivity index (χ3n) is 4.53. The summed E-state index contributed by atoms with van der Waals surface area (Å²) in [6, 6.07) is 15.0. The molecule has 2 N–H and O–H groups in total. The number of hydrogen-bond donors (Lipinski definition) is 2. The van der Waals surface area contributed by atoms with Gasteiger partial charge in [-0.1, -0.05) is 30.3 Å². The number of sulfone groups is 1. The van der Waals surface area contributed by atoms with E-state index in [0.29, 0.717) is 23.4 Å². The molecule has 8 heteroatoms. The molecule has 0 bridgehead atoms. The lowest BCUT2D eigenvalue weighted by Gasteiger charge is -2.11. The molecule has 29 heavy (non-hydrogen) atoms. The molecule has 1 fully saturated rings. The van der Waals surface area contributed by atoms with Crippen LogP contribution in [0.5, 0.6) is 0 Å². The normalized spacial score (nSPS) is 16.3. The van der Waals surface area contributed by atoms with Gasteiger partial charge in [-0.2, -0.15) is 0 Å². The zero-order chi connectivity index (χ0) is 20.7. The molecule has 0 aliphatic carbocycles.